The summed E-state index contributed by atoms with van der Waals surface area (Å²) in [5.41, 5.74) is 1.97. The normalized spacial score (nSPS) is 9.85. The maximum absolute atomic E-state index is 11.2. The molecule has 2 aromatic rings. The Morgan fingerprint density at radius 2 is 2.05 bits per heavy atom. The molecule has 1 N–H and O–H groups in total. The molecule has 0 aliphatic carbocycles. The molecule has 1 aromatic heterocycles. The molecule has 0 aliphatic heterocycles. The van der Waals surface area contributed by atoms with Gasteiger partial charge in [0.05, 0.1) is 11.6 Å². The highest BCUT2D eigenvalue weighted by atomic mass is 16.5. The van der Waals surface area contributed by atoms with Crippen molar-refractivity contribution in [2.45, 2.75) is 13.8 Å². The summed E-state index contributed by atoms with van der Waals surface area (Å²) < 4.78 is 5.53. The number of hydrogen-bond acceptors (Lipinski definition) is 4. The quantitative estimate of drug-likeness (QED) is 0.924. The predicted octanol–water partition coefficient (Wildman–Crippen LogP) is 3.06. The van der Waals surface area contributed by atoms with Gasteiger partial charge < -0.3 is 9.84 Å². The van der Waals surface area contributed by atoms with Crippen LogP contribution in [0.5, 0.6) is 11.6 Å². The number of aryl methyl sites for hydroxylation is 2. The Bertz CT molecular complexity index is 718. The van der Waals surface area contributed by atoms with Crippen molar-refractivity contribution in [2.75, 3.05) is 0 Å². The second kappa shape index (κ2) is 5.41. The van der Waals surface area contributed by atoms with Crippen molar-refractivity contribution in [1.82, 2.24) is 4.98 Å². The van der Waals surface area contributed by atoms with Crippen molar-refractivity contribution >= 4 is 5.97 Å². The van der Waals surface area contributed by atoms with Gasteiger partial charge in [-0.25, -0.2) is 9.78 Å². The Morgan fingerprint density at radius 3 is 2.70 bits per heavy atom. The molecule has 1 aromatic carbocycles. The number of aromatic carboxylic acids is 1. The van der Waals surface area contributed by atoms with Crippen LogP contribution in [-0.4, -0.2) is 16.1 Å². The molecule has 0 saturated heterocycles. The van der Waals surface area contributed by atoms with Crippen LogP contribution < -0.4 is 4.74 Å². The SMILES string of the molecule is Cc1ccc(C(=O)O)c(Oc2cc(C#N)cc(C)n2)c1. The zero-order chi connectivity index (χ0) is 14.7. The smallest absolute Gasteiger partial charge is 0.339 e. The van der Waals surface area contributed by atoms with Crippen LogP contribution in [-0.2, 0) is 0 Å². The van der Waals surface area contributed by atoms with Crippen molar-refractivity contribution in [3.05, 3.63) is 52.7 Å². The fraction of sp³-hybridized carbons (Fsp3) is 0.133. The predicted molar refractivity (Wildman–Crippen MR) is 71.9 cm³/mol. The van der Waals surface area contributed by atoms with Crippen LogP contribution in [0.4, 0.5) is 0 Å². The maximum Gasteiger partial charge on any atom is 0.339 e. The summed E-state index contributed by atoms with van der Waals surface area (Å²) in [6.07, 6.45) is 0. The van der Waals surface area contributed by atoms with Crippen molar-refractivity contribution in [2.24, 2.45) is 0 Å². The molecule has 0 aliphatic rings. The van der Waals surface area contributed by atoms with Gasteiger partial charge in [0, 0.05) is 11.8 Å². The average molecular weight is 268 g/mol. The standard InChI is InChI=1S/C15H12N2O3/c1-9-3-4-12(15(18)19)13(5-9)20-14-7-11(8-16)6-10(2)17-14/h3-7H,1-2H3,(H,18,19). The zero-order valence-corrected chi connectivity index (χ0v) is 11.0. The summed E-state index contributed by atoms with van der Waals surface area (Å²) in [6, 6.07) is 9.91. The summed E-state index contributed by atoms with van der Waals surface area (Å²) in [7, 11) is 0. The lowest BCUT2D eigenvalue weighted by atomic mass is 10.1. The van der Waals surface area contributed by atoms with Crippen molar-refractivity contribution in [1.29, 1.82) is 5.26 Å². The second-order valence-electron chi connectivity index (χ2n) is 4.35. The van der Waals surface area contributed by atoms with Gasteiger partial charge in [-0.2, -0.15) is 5.26 Å². The van der Waals surface area contributed by atoms with Crippen LogP contribution in [0.3, 0.4) is 0 Å². The molecule has 0 unspecified atom stereocenters. The highest BCUT2D eigenvalue weighted by molar-refractivity contribution is 5.91. The largest absolute Gasteiger partial charge is 0.478 e. The average Bonchev–Trinajstić information content (AvgIpc) is 2.37. The first-order valence-corrected chi connectivity index (χ1v) is 5.90. The number of pyridine rings is 1. The topological polar surface area (TPSA) is 83.2 Å². The number of carbonyl (C=O) groups is 1. The molecular formula is C15H12N2O3. The number of nitrogens with zero attached hydrogens (tertiary/aromatic N) is 2. The van der Waals surface area contributed by atoms with Crippen molar-refractivity contribution < 1.29 is 14.6 Å². The van der Waals surface area contributed by atoms with E-state index >= 15 is 0 Å². The van der Waals surface area contributed by atoms with E-state index in [2.05, 4.69) is 4.98 Å². The van der Waals surface area contributed by atoms with Gasteiger partial charge in [-0.15, -0.1) is 0 Å². The van der Waals surface area contributed by atoms with Crippen LogP contribution >= 0.6 is 0 Å². The first-order valence-electron chi connectivity index (χ1n) is 5.90. The highest BCUT2D eigenvalue weighted by Crippen LogP contribution is 2.26. The highest BCUT2D eigenvalue weighted by Gasteiger charge is 2.13. The van der Waals surface area contributed by atoms with E-state index in [4.69, 9.17) is 15.1 Å². The van der Waals surface area contributed by atoms with Crippen molar-refractivity contribution in [3.8, 4) is 17.7 Å². The maximum atomic E-state index is 11.2. The second-order valence-corrected chi connectivity index (χ2v) is 4.35. The van der Waals surface area contributed by atoms with Gasteiger partial charge in [-0.1, -0.05) is 6.07 Å². The third-order valence-electron chi connectivity index (χ3n) is 2.64. The molecule has 0 bridgehead atoms. The lowest BCUT2D eigenvalue weighted by molar-refractivity contribution is 0.0694. The molecule has 0 radical (unpaired) electrons. The molecular weight excluding hydrogens is 256 g/mol. The Labute approximate surface area is 116 Å². The van der Waals surface area contributed by atoms with E-state index in [0.717, 1.165) is 5.56 Å². The fourth-order valence-electron chi connectivity index (χ4n) is 1.76. The van der Waals surface area contributed by atoms with Crippen LogP contribution in [0.1, 0.15) is 27.2 Å². The summed E-state index contributed by atoms with van der Waals surface area (Å²) in [6.45, 7) is 3.57. The van der Waals surface area contributed by atoms with E-state index in [0.29, 0.717) is 11.3 Å². The van der Waals surface area contributed by atoms with Gasteiger partial charge in [0.2, 0.25) is 5.88 Å². The minimum atomic E-state index is -1.08. The molecule has 0 amide bonds. The lowest BCUT2D eigenvalue weighted by Gasteiger charge is -2.09. The summed E-state index contributed by atoms with van der Waals surface area (Å²) >= 11 is 0. The molecule has 0 atom stereocenters. The number of carboxylic acids is 1. The van der Waals surface area contributed by atoms with Gasteiger partial charge >= 0.3 is 5.97 Å². The minimum absolute atomic E-state index is 0.0532. The Morgan fingerprint density at radius 1 is 1.30 bits per heavy atom. The summed E-state index contributed by atoms with van der Waals surface area (Å²) in [5.74, 6) is -0.665. The monoisotopic (exact) mass is 268 g/mol. The third kappa shape index (κ3) is 2.93. The van der Waals surface area contributed by atoms with Crippen LogP contribution in [0.25, 0.3) is 0 Å². The van der Waals surface area contributed by atoms with Gasteiger partial charge in [0.1, 0.15) is 11.3 Å². The third-order valence-corrected chi connectivity index (χ3v) is 2.64. The summed E-state index contributed by atoms with van der Waals surface area (Å²) in [4.78, 5) is 15.3. The van der Waals surface area contributed by atoms with E-state index < -0.39 is 5.97 Å². The van der Waals surface area contributed by atoms with E-state index in [1.807, 2.05) is 13.0 Å². The number of aromatic nitrogens is 1. The first-order chi connectivity index (χ1) is 9.49. The van der Waals surface area contributed by atoms with Gasteiger partial charge in [-0.05, 0) is 37.6 Å². The molecule has 5 heteroatoms. The number of benzene rings is 1. The molecule has 0 fully saturated rings. The van der Waals surface area contributed by atoms with Gasteiger partial charge in [-0.3, -0.25) is 0 Å². The Balaban J connectivity index is 2.44. The van der Waals surface area contributed by atoms with Gasteiger partial charge in [0.15, 0.2) is 0 Å². The number of nitriles is 1. The molecule has 20 heavy (non-hydrogen) atoms. The Hall–Kier alpha value is -2.87. The molecule has 100 valence electrons. The van der Waals surface area contributed by atoms with E-state index in [1.165, 1.54) is 12.1 Å². The van der Waals surface area contributed by atoms with Crippen LogP contribution in [0.2, 0.25) is 0 Å². The van der Waals surface area contributed by atoms with Crippen LogP contribution in [0.15, 0.2) is 30.3 Å². The molecule has 0 spiro atoms. The molecule has 0 saturated carbocycles. The molecule has 2 rings (SSSR count). The van der Waals surface area contributed by atoms with Gasteiger partial charge in [0.25, 0.3) is 0 Å². The van der Waals surface area contributed by atoms with Crippen LogP contribution in [0, 0.1) is 25.2 Å². The molecule has 5 nitrogen and oxygen atoms in total. The number of ether oxygens (including phenoxy) is 1. The zero-order valence-electron chi connectivity index (χ0n) is 11.0. The Kier molecular flexibility index (Phi) is 3.67. The van der Waals surface area contributed by atoms with E-state index in [9.17, 15) is 4.79 Å². The lowest BCUT2D eigenvalue weighted by Crippen LogP contribution is -2.01. The summed E-state index contributed by atoms with van der Waals surface area (Å²) in [5, 5.41) is 18.0. The minimum Gasteiger partial charge on any atom is -0.478 e. The number of carboxylic acid groups (broad SMARTS) is 1. The fourth-order valence-corrected chi connectivity index (χ4v) is 1.76. The van der Waals surface area contributed by atoms with E-state index in [1.54, 1.807) is 25.1 Å². The number of rotatable bonds is 3. The van der Waals surface area contributed by atoms with Crippen molar-refractivity contribution in [3.63, 3.8) is 0 Å². The number of hydrogen-bond donors (Lipinski definition) is 1. The first kappa shape index (κ1) is 13.6. The molecule has 1 heterocycles. The van der Waals surface area contributed by atoms with E-state index in [-0.39, 0.29) is 17.2 Å².